The molecule has 2 atom stereocenters. The molecule has 1 aliphatic rings. The first-order valence-corrected chi connectivity index (χ1v) is 9.31. The van der Waals surface area contributed by atoms with Crippen molar-refractivity contribution < 1.29 is 4.79 Å². The van der Waals surface area contributed by atoms with Crippen LogP contribution in [0.4, 0.5) is 5.69 Å². The summed E-state index contributed by atoms with van der Waals surface area (Å²) in [6, 6.07) is 17.9. The summed E-state index contributed by atoms with van der Waals surface area (Å²) in [4.78, 5) is 17.0. The molecule has 3 N–H and O–H groups in total. The van der Waals surface area contributed by atoms with E-state index >= 15 is 0 Å². The second-order valence-electron chi connectivity index (χ2n) is 7.02. The molecule has 2 heterocycles. The first-order chi connectivity index (χ1) is 13.2. The lowest BCUT2D eigenvalue weighted by molar-refractivity contribution is -0.120. The van der Waals surface area contributed by atoms with E-state index in [1.807, 2.05) is 54.6 Å². The molecular weight excluding hydrogens is 374 g/mol. The molecule has 4 rings (SSSR count). The van der Waals surface area contributed by atoms with Gasteiger partial charge in [0.1, 0.15) is 0 Å². The second-order valence-corrected chi connectivity index (χ2v) is 7.02. The van der Waals surface area contributed by atoms with E-state index in [2.05, 4.69) is 32.7 Å². The molecule has 1 fully saturated rings. The number of amides is 1. The number of carbonyl (C=O) groups excluding carboxylic acids is 1. The SMILES string of the molecule is C[C@H]1C[C@@H](C(=O)Nc2ccc(-c3nc(-c4ccccc4)n[nH]3)cc2)CCN1.Cl. The van der Waals surface area contributed by atoms with Crippen molar-refractivity contribution in [1.82, 2.24) is 20.5 Å². The topological polar surface area (TPSA) is 82.7 Å². The Bertz CT molecular complexity index is 910. The highest BCUT2D eigenvalue weighted by Gasteiger charge is 2.24. The first kappa shape index (κ1) is 20.0. The Balaban J connectivity index is 0.00000225. The molecule has 0 bridgehead atoms. The molecule has 0 aliphatic carbocycles. The van der Waals surface area contributed by atoms with Crippen LogP contribution in [0.5, 0.6) is 0 Å². The summed E-state index contributed by atoms with van der Waals surface area (Å²) in [6.07, 6.45) is 1.76. The quantitative estimate of drug-likeness (QED) is 0.623. The molecule has 1 amide bonds. The predicted molar refractivity (Wildman–Crippen MR) is 113 cm³/mol. The number of benzene rings is 2. The highest BCUT2D eigenvalue weighted by Crippen LogP contribution is 2.23. The van der Waals surface area contributed by atoms with Crippen LogP contribution in [0.3, 0.4) is 0 Å². The van der Waals surface area contributed by atoms with Crippen molar-refractivity contribution in [2.24, 2.45) is 5.92 Å². The number of H-pyrrole nitrogens is 1. The van der Waals surface area contributed by atoms with Gasteiger partial charge < -0.3 is 10.6 Å². The molecular formula is C21H24ClN5O. The molecule has 7 heteroatoms. The summed E-state index contributed by atoms with van der Waals surface area (Å²) in [7, 11) is 0. The van der Waals surface area contributed by atoms with Gasteiger partial charge in [-0.1, -0.05) is 30.3 Å². The summed E-state index contributed by atoms with van der Waals surface area (Å²) in [5.41, 5.74) is 2.70. The van der Waals surface area contributed by atoms with E-state index in [1.165, 1.54) is 0 Å². The fourth-order valence-corrected chi connectivity index (χ4v) is 3.43. The lowest BCUT2D eigenvalue weighted by Crippen LogP contribution is -2.40. The van der Waals surface area contributed by atoms with Crippen molar-refractivity contribution in [2.45, 2.75) is 25.8 Å². The Hall–Kier alpha value is -2.70. The van der Waals surface area contributed by atoms with Gasteiger partial charge in [0.15, 0.2) is 11.6 Å². The average Bonchev–Trinajstić information content (AvgIpc) is 3.19. The lowest BCUT2D eigenvalue weighted by Gasteiger charge is -2.27. The summed E-state index contributed by atoms with van der Waals surface area (Å²) in [5, 5.41) is 13.7. The number of aromatic nitrogens is 3. The highest BCUT2D eigenvalue weighted by atomic mass is 35.5. The Kier molecular flexibility index (Phi) is 6.44. The Morgan fingerprint density at radius 1 is 1.07 bits per heavy atom. The molecule has 1 aliphatic heterocycles. The number of rotatable bonds is 4. The molecule has 0 unspecified atom stereocenters. The number of anilines is 1. The Morgan fingerprint density at radius 2 is 1.82 bits per heavy atom. The number of piperidine rings is 1. The summed E-state index contributed by atoms with van der Waals surface area (Å²) >= 11 is 0. The number of aromatic amines is 1. The van der Waals surface area contributed by atoms with Crippen LogP contribution in [0.15, 0.2) is 54.6 Å². The van der Waals surface area contributed by atoms with Gasteiger partial charge in [0.05, 0.1) is 0 Å². The maximum Gasteiger partial charge on any atom is 0.227 e. The van der Waals surface area contributed by atoms with Crippen LogP contribution >= 0.6 is 12.4 Å². The summed E-state index contributed by atoms with van der Waals surface area (Å²) in [5.74, 6) is 1.55. The zero-order valence-electron chi connectivity index (χ0n) is 15.7. The smallest absolute Gasteiger partial charge is 0.227 e. The zero-order chi connectivity index (χ0) is 18.6. The van der Waals surface area contributed by atoms with Gasteiger partial charge in [-0.15, -0.1) is 12.4 Å². The summed E-state index contributed by atoms with van der Waals surface area (Å²) < 4.78 is 0. The molecule has 3 aromatic rings. The summed E-state index contributed by atoms with van der Waals surface area (Å²) in [6.45, 7) is 3.02. The van der Waals surface area contributed by atoms with Crippen LogP contribution in [-0.4, -0.2) is 33.7 Å². The number of hydrogen-bond donors (Lipinski definition) is 3. The minimum Gasteiger partial charge on any atom is -0.326 e. The predicted octanol–water partition coefficient (Wildman–Crippen LogP) is 3.89. The third-order valence-corrected chi connectivity index (χ3v) is 4.94. The van der Waals surface area contributed by atoms with E-state index in [1.54, 1.807) is 0 Å². The van der Waals surface area contributed by atoms with Gasteiger partial charge in [0, 0.05) is 28.8 Å². The van der Waals surface area contributed by atoms with Crippen LogP contribution in [0.1, 0.15) is 19.8 Å². The van der Waals surface area contributed by atoms with E-state index in [0.717, 1.165) is 36.2 Å². The van der Waals surface area contributed by atoms with E-state index < -0.39 is 0 Å². The van der Waals surface area contributed by atoms with Gasteiger partial charge >= 0.3 is 0 Å². The van der Waals surface area contributed by atoms with Crippen LogP contribution in [0, 0.1) is 5.92 Å². The van der Waals surface area contributed by atoms with Gasteiger partial charge in [-0.05, 0) is 50.6 Å². The molecule has 146 valence electrons. The normalized spacial score (nSPS) is 18.9. The van der Waals surface area contributed by atoms with E-state index in [0.29, 0.717) is 17.7 Å². The van der Waals surface area contributed by atoms with Crippen molar-refractivity contribution >= 4 is 24.0 Å². The van der Waals surface area contributed by atoms with Crippen molar-refractivity contribution in [3.05, 3.63) is 54.6 Å². The highest BCUT2D eigenvalue weighted by molar-refractivity contribution is 5.92. The van der Waals surface area contributed by atoms with Crippen LogP contribution < -0.4 is 10.6 Å². The molecule has 1 aromatic heterocycles. The van der Waals surface area contributed by atoms with Gasteiger partial charge in [0.2, 0.25) is 5.91 Å². The number of carbonyl (C=O) groups is 1. The van der Waals surface area contributed by atoms with E-state index in [-0.39, 0.29) is 24.2 Å². The van der Waals surface area contributed by atoms with Crippen LogP contribution in [0.2, 0.25) is 0 Å². The molecule has 6 nitrogen and oxygen atoms in total. The number of halogens is 1. The fourth-order valence-electron chi connectivity index (χ4n) is 3.43. The third kappa shape index (κ3) is 4.58. The zero-order valence-corrected chi connectivity index (χ0v) is 16.5. The maximum atomic E-state index is 12.5. The van der Waals surface area contributed by atoms with Crippen molar-refractivity contribution in [1.29, 1.82) is 0 Å². The standard InChI is InChI=1S/C21H23N5O.ClH/c1-14-13-17(11-12-22-14)21(27)23-18-9-7-16(8-10-18)20-24-19(25-26-20)15-5-3-2-4-6-15;/h2-10,14,17,22H,11-13H2,1H3,(H,23,27)(H,24,25,26);1H/t14-,17-;/m0./s1. The first-order valence-electron chi connectivity index (χ1n) is 9.31. The van der Waals surface area contributed by atoms with Gasteiger partial charge in [-0.3, -0.25) is 9.89 Å². The van der Waals surface area contributed by atoms with Crippen LogP contribution in [-0.2, 0) is 4.79 Å². The van der Waals surface area contributed by atoms with Crippen molar-refractivity contribution in [3.63, 3.8) is 0 Å². The van der Waals surface area contributed by atoms with Gasteiger partial charge in [-0.2, -0.15) is 5.10 Å². The molecule has 0 saturated carbocycles. The minimum atomic E-state index is 0. The maximum absolute atomic E-state index is 12.5. The van der Waals surface area contributed by atoms with Crippen LogP contribution in [0.25, 0.3) is 22.8 Å². The van der Waals surface area contributed by atoms with Crippen molar-refractivity contribution in [3.8, 4) is 22.8 Å². The van der Waals surface area contributed by atoms with Gasteiger partial charge in [0.25, 0.3) is 0 Å². The number of nitrogens with zero attached hydrogens (tertiary/aromatic N) is 2. The molecule has 2 aromatic carbocycles. The fraction of sp³-hybridized carbons (Fsp3) is 0.286. The van der Waals surface area contributed by atoms with E-state index in [4.69, 9.17) is 0 Å². The van der Waals surface area contributed by atoms with Crippen molar-refractivity contribution in [2.75, 3.05) is 11.9 Å². The Morgan fingerprint density at radius 3 is 2.54 bits per heavy atom. The van der Waals surface area contributed by atoms with E-state index in [9.17, 15) is 4.79 Å². The minimum absolute atomic E-state index is 0. The second kappa shape index (κ2) is 8.99. The molecule has 28 heavy (non-hydrogen) atoms. The largest absolute Gasteiger partial charge is 0.326 e. The average molecular weight is 398 g/mol. The molecule has 1 saturated heterocycles. The number of hydrogen-bond acceptors (Lipinski definition) is 4. The number of nitrogens with one attached hydrogen (secondary N) is 3. The van der Waals surface area contributed by atoms with Gasteiger partial charge in [-0.25, -0.2) is 4.98 Å². The molecule has 0 radical (unpaired) electrons. The molecule has 0 spiro atoms. The third-order valence-electron chi connectivity index (χ3n) is 4.94. The lowest BCUT2D eigenvalue weighted by atomic mass is 9.92. The Labute approximate surface area is 170 Å². The monoisotopic (exact) mass is 397 g/mol.